The van der Waals surface area contributed by atoms with Crippen molar-refractivity contribution >= 4 is 32.6 Å². The molecule has 0 unspecified atom stereocenters. The summed E-state index contributed by atoms with van der Waals surface area (Å²) in [4.78, 5) is 5.67. The van der Waals surface area contributed by atoms with E-state index in [1.165, 1.54) is 43.1 Å². The van der Waals surface area contributed by atoms with Crippen LogP contribution in [0.3, 0.4) is 0 Å². The highest BCUT2D eigenvalue weighted by Crippen LogP contribution is 2.40. The number of fused-ring (bicyclic) bond motifs is 7. The Kier molecular flexibility index (Phi) is 2.54. The lowest BCUT2D eigenvalue weighted by atomic mass is 10.1. The van der Waals surface area contributed by atoms with Crippen LogP contribution in [0.1, 0.15) is 5.56 Å². The summed E-state index contributed by atoms with van der Waals surface area (Å²) in [6.45, 7) is 0.946. The van der Waals surface area contributed by atoms with Crippen molar-refractivity contribution in [3.05, 3.63) is 78.6 Å². The molecule has 118 valence electrons. The molecule has 25 heavy (non-hydrogen) atoms. The molecule has 4 heterocycles. The Morgan fingerprint density at radius 1 is 0.960 bits per heavy atom. The van der Waals surface area contributed by atoms with Gasteiger partial charge in [-0.15, -0.1) is 0 Å². The number of rotatable bonds is 1. The number of thiazole rings is 1. The highest BCUT2D eigenvalue weighted by atomic mass is 32.1. The minimum atomic E-state index is 0.946. The first-order valence-corrected chi connectivity index (χ1v) is 9.18. The Morgan fingerprint density at radius 2 is 1.80 bits per heavy atom. The molecule has 3 aromatic heterocycles. The molecule has 5 aromatic rings. The lowest BCUT2D eigenvalue weighted by Crippen LogP contribution is -2.30. The molecule has 4 heteroatoms. The Balaban J connectivity index is 1.78. The van der Waals surface area contributed by atoms with Crippen LogP contribution >= 0.6 is 11.3 Å². The van der Waals surface area contributed by atoms with E-state index in [0.29, 0.717) is 0 Å². The Hall–Kier alpha value is -2.98. The van der Waals surface area contributed by atoms with Crippen LogP contribution in [0, 0.1) is 0 Å². The molecule has 0 bridgehead atoms. The van der Waals surface area contributed by atoms with Gasteiger partial charge in [-0.2, -0.15) is 4.57 Å². The van der Waals surface area contributed by atoms with E-state index in [2.05, 4.69) is 74.8 Å². The van der Waals surface area contributed by atoms with E-state index in [4.69, 9.17) is 0 Å². The molecule has 0 radical (unpaired) electrons. The zero-order valence-corrected chi connectivity index (χ0v) is 14.2. The predicted molar refractivity (Wildman–Crippen MR) is 101 cm³/mol. The molecule has 0 N–H and O–H groups in total. The molecule has 1 aliphatic rings. The summed E-state index contributed by atoms with van der Waals surface area (Å²) in [6.07, 6.45) is 3.87. The fourth-order valence-electron chi connectivity index (χ4n) is 3.92. The topological polar surface area (TPSA) is 21.7 Å². The van der Waals surface area contributed by atoms with Gasteiger partial charge < -0.3 is 0 Å². The van der Waals surface area contributed by atoms with Crippen LogP contribution in [0.15, 0.2) is 73.1 Å². The number of aromatic nitrogens is 3. The summed E-state index contributed by atoms with van der Waals surface area (Å²) in [5, 5.41) is 2.62. The lowest BCUT2D eigenvalue weighted by molar-refractivity contribution is -0.641. The third-order valence-electron chi connectivity index (χ3n) is 5.00. The third kappa shape index (κ3) is 1.69. The minimum absolute atomic E-state index is 0.946. The molecule has 0 amide bonds. The van der Waals surface area contributed by atoms with Crippen LogP contribution in [0.25, 0.3) is 37.5 Å². The molecule has 3 nitrogen and oxygen atoms in total. The minimum Gasteiger partial charge on any atom is -0.294 e. The molecule has 0 saturated carbocycles. The number of pyridine rings is 1. The van der Waals surface area contributed by atoms with Crippen LogP contribution in [-0.2, 0) is 6.54 Å². The van der Waals surface area contributed by atoms with Gasteiger partial charge in [0, 0.05) is 17.4 Å². The second-order valence-corrected chi connectivity index (χ2v) is 7.35. The molecule has 2 aromatic carbocycles. The monoisotopic (exact) mass is 340 g/mol. The normalized spacial score (nSPS) is 12.6. The molecular formula is C21H14N3S+. The quantitative estimate of drug-likeness (QED) is 0.402. The van der Waals surface area contributed by atoms with Crippen LogP contribution in [0.2, 0.25) is 0 Å². The molecule has 1 aliphatic heterocycles. The van der Waals surface area contributed by atoms with E-state index in [9.17, 15) is 0 Å². The van der Waals surface area contributed by atoms with Gasteiger partial charge >= 0.3 is 0 Å². The van der Waals surface area contributed by atoms with Crippen molar-refractivity contribution in [2.45, 2.75) is 6.54 Å². The van der Waals surface area contributed by atoms with E-state index >= 15 is 0 Å². The van der Waals surface area contributed by atoms with Crippen molar-refractivity contribution in [1.29, 1.82) is 0 Å². The van der Waals surface area contributed by atoms with Crippen LogP contribution in [0.4, 0.5) is 0 Å². The van der Waals surface area contributed by atoms with E-state index in [1.54, 1.807) is 0 Å². The second-order valence-electron chi connectivity index (χ2n) is 6.37. The molecule has 0 saturated heterocycles. The van der Waals surface area contributed by atoms with E-state index in [0.717, 1.165) is 6.54 Å². The number of benzene rings is 2. The summed E-state index contributed by atoms with van der Waals surface area (Å²) in [6, 6.07) is 21.4. The Bertz CT molecular complexity index is 1260. The molecule has 0 spiro atoms. The van der Waals surface area contributed by atoms with Crippen molar-refractivity contribution in [1.82, 2.24) is 9.55 Å². The summed E-state index contributed by atoms with van der Waals surface area (Å²) in [7, 11) is 0. The molecule has 0 fully saturated rings. The molecule has 0 aliphatic carbocycles. The van der Waals surface area contributed by atoms with Gasteiger partial charge in [0.15, 0.2) is 11.4 Å². The van der Waals surface area contributed by atoms with Gasteiger partial charge in [-0.25, -0.2) is 0 Å². The van der Waals surface area contributed by atoms with E-state index in [1.807, 2.05) is 23.7 Å². The summed E-state index contributed by atoms with van der Waals surface area (Å²) < 4.78 is 4.81. The van der Waals surface area contributed by atoms with Gasteiger partial charge in [0.1, 0.15) is 0 Å². The fraction of sp³-hybridized carbons (Fsp3) is 0.0476. The first-order chi connectivity index (χ1) is 12.4. The summed E-state index contributed by atoms with van der Waals surface area (Å²) in [5.41, 5.74) is 6.44. The molecular weight excluding hydrogens is 326 g/mol. The predicted octanol–water partition coefficient (Wildman–Crippen LogP) is 4.56. The van der Waals surface area contributed by atoms with E-state index < -0.39 is 0 Å². The highest BCUT2D eigenvalue weighted by molar-refractivity contribution is 7.21. The molecule has 6 rings (SSSR count). The van der Waals surface area contributed by atoms with Crippen LogP contribution in [-0.4, -0.2) is 9.55 Å². The summed E-state index contributed by atoms with van der Waals surface area (Å²) >= 11 is 1.87. The highest BCUT2D eigenvalue weighted by Gasteiger charge is 2.35. The third-order valence-corrected chi connectivity index (χ3v) is 6.20. The average molecular weight is 340 g/mol. The van der Waals surface area contributed by atoms with Gasteiger partial charge in [-0.1, -0.05) is 36.4 Å². The van der Waals surface area contributed by atoms with E-state index in [-0.39, 0.29) is 0 Å². The van der Waals surface area contributed by atoms with Gasteiger partial charge in [0.05, 0.1) is 22.7 Å². The zero-order chi connectivity index (χ0) is 16.4. The van der Waals surface area contributed by atoms with Crippen molar-refractivity contribution < 1.29 is 4.57 Å². The van der Waals surface area contributed by atoms with Crippen molar-refractivity contribution in [2.24, 2.45) is 0 Å². The number of hydrogen-bond acceptors (Lipinski definition) is 2. The number of para-hydroxylation sites is 1. The number of hydrogen-bond donors (Lipinski definition) is 0. The lowest BCUT2D eigenvalue weighted by Gasteiger charge is -2.04. The van der Waals surface area contributed by atoms with Crippen LogP contribution in [0.5, 0.6) is 0 Å². The van der Waals surface area contributed by atoms with Crippen molar-refractivity contribution in [3.63, 3.8) is 0 Å². The maximum Gasteiger partial charge on any atom is 0.272 e. The first-order valence-electron chi connectivity index (χ1n) is 8.36. The summed E-state index contributed by atoms with van der Waals surface area (Å²) in [5.74, 6) is 0. The van der Waals surface area contributed by atoms with Crippen molar-refractivity contribution in [2.75, 3.05) is 0 Å². The first kappa shape index (κ1) is 13.3. The van der Waals surface area contributed by atoms with Crippen molar-refractivity contribution in [3.8, 4) is 16.3 Å². The maximum atomic E-state index is 4.38. The maximum absolute atomic E-state index is 4.38. The van der Waals surface area contributed by atoms with Gasteiger partial charge in [-0.05, 0) is 35.6 Å². The standard InChI is InChI=1S/C21H14N3S/c1-2-7-15(8-3-1)24-18-12-22-11-10-17(18)19-21(24)25-20-16-9-5-4-6-14(16)13-23(19)20/h1-12H,13H2/q+1. The Morgan fingerprint density at radius 3 is 2.72 bits per heavy atom. The van der Waals surface area contributed by atoms with Gasteiger partial charge in [0.2, 0.25) is 0 Å². The average Bonchev–Trinajstić information content (AvgIpc) is 3.29. The second kappa shape index (κ2) is 4.77. The SMILES string of the molecule is c1ccc(-n2c3cnccc3c3c2sc2[n+]3Cc3ccccc3-2)cc1. The van der Waals surface area contributed by atoms with Crippen LogP contribution < -0.4 is 4.57 Å². The zero-order valence-electron chi connectivity index (χ0n) is 13.4. The largest absolute Gasteiger partial charge is 0.294 e. The fourth-order valence-corrected chi connectivity index (χ4v) is 5.29. The Labute approximate surface area is 148 Å². The van der Waals surface area contributed by atoms with Gasteiger partial charge in [-0.3, -0.25) is 9.55 Å². The van der Waals surface area contributed by atoms with Gasteiger partial charge in [0.25, 0.3) is 10.5 Å². The smallest absolute Gasteiger partial charge is 0.272 e. The number of nitrogens with zero attached hydrogens (tertiary/aromatic N) is 3. The molecule has 0 atom stereocenters.